The number of hydrogen-bond donors (Lipinski definition) is 0. The highest BCUT2D eigenvalue weighted by molar-refractivity contribution is 5.78. The van der Waals surface area contributed by atoms with Gasteiger partial charge in [0.05, 0.1) is 0 Å². The number of amides is 2. The summed E-state index contributed by atoms with van der Waals surface area (Å²) in [4.78, 5) is 28.0. The molecule has 4 heteroatoms. The van der Waals surface area contributed by atoms with Gasteiger partial charge >= 0.3 is 0 Å². The topological polar surface area (TPSA) is 40.6 Å². The summed E-state index contributed by atoms with van der Waals surface area (Å²) in [5.41, 5.74) is 2.30. The second kappa shape index (κ2) is 8.70. The average Bonchev–Trinajstić information content (AvgIpc) is 2.80. The number of carbonyl (C=O) groups is 2. The van der Waals surface area contributed by atoms with E-state index < -0.39 is 0 Å². The van der Waals surface area contributed by atoms with Crippen LogP contribution in [-0.2, 0) is 16.1 Å². The van der Waals surface area contributed by atoms with Crippen LogP contribution in [0.2, 0.25) is 0 Å². The van der Waals surface area contributed by atoms with Crippen molar-refractivity contribution in [1.82, 2.24) is 9.80 Å². The van der Waals surface area contributed by atoms with Gasteiger partial charge in [0.1, 0.15) is 0 Å². The Morgan fingerprint density at radius 1 is 1.13 bits per heavy atom. The molecule has 1 aliphatic heterocycles. The lowest BCUT2D eigenvalue weighted by Crippen LogP contribution is -2.36. The minimum atomic E-state index is 0.0233. The van der Waals surface area contributed by atoms with Crippen LogP contribution in [0.15, 0.2) is 24.3 Å². The summed E-state index contributed by atoms with van der Waals surface area (Å²) in [5, 5.41) is 0. The van der Waals surface area contributed by atoms with Crippen molar-refractivity contribution in [3.05, 3.63) is 35.4 Å². The molecule has 0 saturated carbocycles. The Morgan fingerprint density at radius 3 is 2.43 bits per heavy atom. The summed E-state index contributed by atoms with van der Waals surface area (Å²) in [6.07, 6.45) is 5.07. The maximum atomic E-state index is 12.4. The molecule has 2 rings (SSSR count). The van der Waals surface area contributed by atoms with Crippen LogP contribution >= 0.6 is 0 Å². The van der Waals surface area contributed by atoms with Crippen molar-refractivity contribution in [3.63, 3.8) is 0 Å². The molecule has 1 aromatic rings. The molecule has 0 bridgehead atoms. The lowest BCUT2D eigenvalue weighted by atomic mass is 10.1. The van der Waals surface area contributed by atoms with Gasteiger partial charge in [-0.15, -0.1) is 0 Å². The SMILES string of the molecule is CC(=O)N(CCC(=O)N1CCCCCC1)Cc1cccc(C)c1. The zero-order valence-corrected chi connectivity index (χ0v) is 14.4. The largest absolute Gasteiger partial charge is 0.343 e. The van der Waals surface area contributed by atoms with E-state index in [0.717, 1.165) is 31.5 Å². The van der Waals surface area contributed by atoms with Crippen molar-refractivity contribution < 1.29 is 9.59 Å². The van der Waals surface area contributed by atoms with Crippen LogP contribution < -0.4 is 0 Å². The number of carbonyl (C=O) groups excluding carboxylic acids is 2. The Hall–Kier alpha value is -1.84. The lowest BCUT2D eigenvalue weighted by molar-refractivity contribution is -0.133. The highest BCUT2D eigenvalue weighted by Crippen LogP contribution is 2.12. The highest BCUT2D eigenvalue weighted by atomic mass is 16.2. The van der Waals surface area contributed by atoms with Crippen LogP contribution in [0.1, 0.15) is 50.2 Å². The molecule has 0 aromatic heterocycles. The van der Waals surface area contributed by atoms with E-state index in [1.165, 1.54) is 18.4 Å². The molecule has 0 aliphatic carbocycles. The molecule has 1 aliphatic rings. The van der Waals surface area contributed by atoms with Crippen molar-refractivity contribution in [2.75, 3.05) is 19.6 Å². The van der Waals surface area contributed by atoms with Gasteiger partial charge in [0.2, 0.25) is 11.8 Å². The zero-order valence-electron chi connectivity index (χ0n) is 14.4. The number of aryl methyl sites for hydroxylation is 1. The number of rotatable bonds is 5. The third-order valence-electron chi connectivity index (χ3n) is 4.46. The predicted octanol–water partition coefficient (Wildman–Crippen LogP) is 3.14. The Bertz CT molecular complexity index is 534. The van der Waals surface area contributed by atoms with Gasteiger partial charge in [0.25, 0.3) is 0 Å². The monoisotopic (exact) mass is 316 g/mol. The lowest BCUT2D eigenvalue weighted by Gasteiger charge is -2.24. The van der Waals surface area contributed by atoms with E-state index >= 15 is 0 Å². The minimum absolute atomic E-state index is 0.0233. The average molecular weight is 316 g/mol. The molecular weight excluding hydrogens is 288 g/mol. The third-order valence-corrected chi connectivity index (χ3v) is 4.46. The smallest absolute Gasteiger partial charge is 0.224 e. The Balaban J connectivity index is 1.89. The Labute approximate surface area is 139 Å². The van der Waals surface area contributed by atoms with Gasteiger partial charge in [-0.05, 0) is 25.3 Å². The zero-order chi connectivity index (χ0) is 16.7. The molecule has 0 atom stereocenters. The minimum Gasteiger partial charge on any atom is -0.343 e. The van der Waals surface area contributed by atoms with E-state index in [-0.39, 0.29) is 11.8 Å². The highest BCUT2D eigenvalue weighted by Gasteiger charge is 2.17. The molecule has 0 N–H and O–H groups in total. The third kappa shape index (κ3) is 5.70. The molecule has 0 unspecified atom stereocenters. The van der Waals surface area contributed by atoms with Crippen molar-refractivity contribution in [2.45, 2.75) is 52.5 Å². The van der Waals surface area contributed by atoms with Crippen molar-refractivity contribution in [1.29, 1.82) is 0 Å². The van der Waals surface area contributed by atoms with Gasteiger partial charge in [0.15, 0.2) is 0 Å². The van der Waals surface area contributed by atoms with Gasteiger partial charge < -0.3 is 9.80 Å². The molecule has 2 amide bonds. The van der Waals surface area contributed by atoms with Crippen molar-refractivity contribution >= 4 is 11.8 Å². The van der Waals surface area contributed by atoms with E-state index in [1.54, 1.807) is 11.8 Å². The molecule has 23 heavy (non-hydrogen) atoms. The van der Waals surface area contributed by atoms with E-state index in [0.29, 0.717) is 19.5 Å². The summed E-state index contributed by atoms with van der Waals surface area (Å²) in [6.45, 7) is 6.44. The summed E-state index contributed by atoms with van der Waals surface area (Å²) in [5.74, 6) is 0.206. The second-order valence-corrected chi connectivity index (χ2v) is 6.47. The summed E-state index contributed by atoms with van der Waals surface area (Å²) in [7, 11) is 0. The summed E-state index contributed by atoms with van der Waals surface area (Å²) >= 11 is 0. The summed E-state index contributed by atoms with van der Waals surface area (Å²) < 4.78 is 0. The molecular formula is C19H28N2O2. The molecule has 1 fully saturated rings. The van der Waals surface area contributed by atoms with Crippen molar-refractivity contribution in [2.24, 2.45) is 0 Å². The van der Waals surface area contributed by atoms with Crippen LogP contribution in [0.25, 0.3) is 0 Å². The van der Waals surface area contributed by atoms with E-state index in [4.69, 9.17) is 0 Å². The molecule has 1 saturated heterocycles. The summed E-state index contributed by atoms with van der Waals surface area (Å²) in [6, 6.07) is 8.17. The first-order valence-corrected chi connectivity index (χ1v) is 8.65. The van der Waals surface area contributed by atoms with E-state index in [9.17, 15) is 9.59 Å². The fourth-order valence-corrected chi connectivity index (χ4v) is 3.09. The number of nitrogens with zero attached hydrogens (tertiary/aromatic N) is 2. The first kappa shape index (κ1) is 17.5. The number of benzene rings is 1. The van der Waals surface area contributed by atoms with Gasteiger partial charge in [0, 0.05) is 39.5 Å². The van der Waals surface area contributed by atoms with E-state index in [1.807, 2.05) is 30.0 Å². The van der Waals surface area contributed by atoms with Crippen LogP contribution in [0.3, 0.4) is 0 Å². The van der Waals surface area contributed by atoms with E-state index in [2.05, 4.69) is 6.07 Å². The number of likely N-dealkylation sites (tertiary alicyclic amines) is 1. The van der Waals surface area contributed by atoms with Crippen molar-refractivity contribution in [3.8, 4) is 0 Å². The van der Waals surface area contributed by atoms with Crippen LogP contribution in [0.4, 0.5) is 0 Å². The molecule has 0 spiro atoms. The Morgan fingerprint density at radius 2 is 1.83 bits per heavy atom. The predicted molar refractivity (Wildman–Crippen MR) is 91.9 cm³/mol. The quantitative estimate of drug-likeness (QED) is 0.837. The van der Waals surface area contributed by atoms with Crippen LogP contribution in [-0.4, -0.2) is 41.2 Å². The first-order valence-electron chi connectivity index (χ1n) is 8.65. The molecule has 4 nitrogen and oxygen atoms in total. The maximum absolute atomic E-state index is 12.4. The second-order valence-electron chi connectivity index (χ2n) is 6.47. The first-order chi connectivity index (χ1) is 11.1. The van der Waals surface area contributed by atoms with Gasteiger partial charge in [-0.3, -0.25) is 9.59 Å². The number of hydrogen-bond acceptors (Lipinski definition) is 2. The maximum Gasteiger partial charge on any atom is 0.224 e. The van der Waals surface area contributed by atoms with Gasteiger partial charge in [-0.2, -0.15) is 0 Å². The fourth-order valence-electron chi connectivity index (χ4n) is 3.09. The van der Waals surface area contributed by atoms with Gasteiger partial charge in [-0.25, -0.2) is 0 Å². The fraction of sp³-hybridized carbons (Fsp3) is 0.579. The standard InChI is InChI=1S/C19H28N2O2/c1-16-8-7-9-18(14-16)15-21(17(2)22)13-10-19(23)20-11-5-3-4-6-12-20/h7-9,14H,3-6,10-13,15H2,1-2H3. The Kier molecular flexibility index (Phi) is 6.63. The van der Waals surface area contributed by atoms with Crippen LogP contribution in [0, 0.1) is 6.92 Å². The normalized spacial score (nSPS) is 15.1. The molecule has 126 valence electrons. The van der Waals surface area contributed by atoms with Crippen LogP contribution in [0.5, 0.6) is 0 Å². The molecule has 1 aromatic carbocycles. The molecule has 0 radical (unpaired) electrons. The molecule has 1 heterocycles. The van der Waals surface area contributed by atoms with Gasteiger partial charge in [-0.1, -0.05) is 42.7 Å².